The third-order valence-corrected chi connectivity index (χ3v) is 14.1. The summed E-state index contributed by atoms with van der Waals surface area (Å²) in [4.78, 5) is 0. The zero-order valence-electron chi connectivity index (χ0n) is 34.5. The fraction of sp³-hybridized carbons (Fsp3) is 0.100. The lowest BCUT2D eigenvalue weighted by Crippen LogP contribution is -2.14. The van der Waals surface area contributed by atoms with Crippen molar-refractivity contribution in [3.63, 3.8) is 0 Å². The van der Waals surface area contributed by atoms with Gasteiger partial charge in [-0.15, -0.1) is 0 Å². The Labute approximate surface area is 352 Å². The molecule has 2 aliphatic rings. The highest BCUT2D eigenvalue weighted by atomic mass is 14.4. The predicted octanol–water partition coefficient (Wildman–Crippen LogP) is 16.4. The van der Waals surface area contributed by atoms with Crippen molar-refractivity contribution in [1.29, 1.82) is 0 Å². The minimum absolute atomic E-state index is 0.0508. The number of hydrogen-bond donors (Lipinski definition) is 0. The van der Waals surface area contributed by atoms with Crippen LogP contribution in [-0.2, 0) is 10.8 Å². The summed E-state index contributed by atoms with van der Waals surface area (Å²) in [5, 5.41) is 7.61. The van der Waals surface area contributed by atoms with E-state index in [9.17, 15) is 0 Å². The van der Waals surface area contributed by atoms with E-state index in [4.69, 9.17) is 0 Å². The van der Waals surface area contributed by atoms with Gasteiger partial charge in [0, 0.05) is 10.8 Å². The van der Waals surface area contributed by atoms with Crippen molar-refractivity contribution in [2.24, 2.45) is 0 Å². The Hall–Kier alpha value is -7.02. The second-order valence-electron chi connectivity index (χ2n) is 18.0. The summed E-state index contributed by atoms with van der Waals surface area (Å²) in [6.07, 6.45) is 0. The van der Waals surface area contributed by atoms with E-state index in [0.29, 0.717) is 0 Å². The van der Waals surface area contributed by atoms with E-state index in [1.807, 2.05) is 0 Å². The third-order valence-electron chi connectivity index (χ3n) is 14.1. The van der Waals surface area contributed by atoms with Gasteiger partial charge in [-0.2, -0.15) is 0 Å². The van der Waals surface area contributed by atoms with E-state index in [-0.39, 0.29) is 10.8 Å². The monoisotopic (exact) mass is 764 g/mol. The molecule has 0 atom stereocenters. The standard InChI is InChI=1S/C60H44/c1-59(2)54-23-12-10-18-46(54)51-35-42(30-33-55(51)59)58-49-20-8-7-19-48(49)57(39-26-24-38(25-27-39)44-21-13-15-37-14-5-6-16-43(37)44)50-32-29-40(34-52(50)58)41-28-31-47-45-17-9-11-22-53(45)60(3,4)56(47)36-41/h5-36H,1-4H3. The SMILES string of the molecule is CC1(C)c2ccccc2-c2cc(-c3c4ccccc4c(-c4ccc(-c5cccc6ccccc56)cc4)c4ccc(-c5ccc6c(c5)C(C)(C)c5ccccc5-6)cc34)ccc21. The highest BCUT2D eigenvalue weighted by molar-refractivity contribution is 6.22. The van der Waals surface area contributed by atoms with Crippen LogP contribution >= 0.6 is 0 Å². The molecule has 284 valence electrons. The van der Waals surface area contributed by atoms with Crippen LogP contribution < -0.4 is 0 Å². The second kappa shape index (κ2) is 12.7. The molecule has 10 aromatic carbocycles. The highest BCUT2D eigenvalue weighted by Crippen LogP contribution is 2.53. The molecule has 0 bridgehead atoms. The molecule has 0 saturated carbocycles. The zero-order valence-corrected chi connectivity index (χ0v) is 34.5. The first-order valence-electron chi connectivity index (χ1n) is 21.3. The van der Waals surface area contributed by atoms with E-state index in [1.54, 1.807) is 0 Å². The lowest BCUT2D eigenvalue weighted by atomic mass is 9.80. The number of hydrogen-bond acceptors (Lipinski definition) is 0. The zero-order chi connectivity index (χ0) is 40.3. The predicted molar refractivity (Wildman–Crippen MR) is 256 cm³/mol. The molecule has 0 unspecified atom stereocenters. The largest absolute Gasteiger partial charge is 0.0619 e. The molecular weight excluding hydrogens is 721 g/mol. The van der Waals surface area contributed by atoms with Crippen LogP contribution in [0.1, 0.15) is 49.9 Å². The van der Waals surface area contributed by atoms with Gasteiger partial charge in [-0.1, -0.05) is 204 Å². The number of fused-ring (bicyclic) bond motifs is 9. The minimum Gasteiger partial charge on any atom is -0.0619 e. The Morgan fingerprint density at radius 1 is 0.250 bits per heavy atom. The lowest BCUT2D eigenvalue weighted by molar-refractivity contribution is 0.660. The molecule has 0 saturated heterocycles. The van der Waals surface area contributed by atoms with Gasteiger partial charge in [0.1, 0.15) is 0 Å². The van der Waals surface area contributed by atoms with E-state index in [2.05, 4.69) is 222 Å². The Bertz CT molecular complexity index is 3400. The van der Waals surface area contributed by atoms with Gasteiger partial charge < -0.3 is 0 Å². The van der Waals surface area contributed by atoms with E-state index < -0.39 is 0 Å². The fourth-order valence-electron chi connectivity index (χ4n) is 11.0. The molecule has 0 aromatic heterocycles. The molecular formula is C60H44. The van der Waals surface area contributed by atoms with Crippen molar-refractivity contribution < 1.29 is 0 Å². The van der Waals surface area contributed by atoms with Gasteiger partial charge in [-0.05, 0) is 140 Å². The van der Waals surface area contributed by atoms with Crippen LogP contribution in [0, 0.1) is 0 Å². The van der Waals surface area contributed by atoms with Crippen molar-refractivity contribution in [3.05, 3.63) is 216 Å². The van der Waals surface area contributed by atoms with E-state index >= 15 is 0 Å². The summed E-state index contributed by atoms with van der Waals surface area (Å²) in [6, 6.07) is 73.2. The Morgan fingerprint density at radius 3 is 1.47 bits per heavy atom. The van der Waals surface area contributed by atoms with Crippen LogP contribution in [-0.4, -0.2) is 0 Å². The maximum absolute atomic E-state index is 2.48. The van der Waals surface area contributed by atoms with Gasteiger partial charge in [0.15, 0.2) is 0 Å². The molecule has 12 rings (SSSR count). The third kappa shape index (κ3) is 4.98. The van der Waals surface area contributed by atoms with Crippen LogP contribution in [0.5, 0.6) is 0 Å². The van der Waals surface area contributed by atoms with E-state index in [1.165, 1.54) is 121 Å². The lowest BCUT2D eigenvalue weighted by Gasteiger charge is -2.23. The van der Waals surface area contributed by atoms with Gasteiger partial charge in [0.05, 0.1) is 0 Å². The summed E-state index contributed by atoms with van der Waals surface area (Å²) in [6.45, 7) is 9.48. The van der Waals surface area contributed by atoms with Gasteiger partial charge >= 0.3 is 0 Å². The van der Waals surface area contributed by atoms with Crippen molar-refractivity contribution in [1.82, 2.24) is 0 Å². The molecule has 0 fully saturated rings. The van der Waals surface area contributed by atoms with Crippen molar-refractivity contribution in [2.45, 2.75) is 38.5 Å². The molecule has 0 heteroatoms. The number of rotatable bonds is 4. The normalized spacial score (nSPS) is 14.3. The van der Waals surface area contributed by atoms with Crippen LogP contribution in [0.15, 0.2) is 194 Å². The average molecular weight is 765 g/mol. The molecule has 60 heavy (non-hydrogen) atoms. The molecule has 0 nitrogen and oxygen atoms in total. The van der Waals surface area contributed by atoms with Crippen LogP contribution in [0.3, 0.4) is 0 Å². The maximum atomic E-state index is 2.48. The summed E-state index contributed by atoms with van der Waals surface area (Å²) in [5.41, 5.74) is 20.9. The first kappa shape index (κ1) is 35.0. The van der Waals surface area contributed by atoms with Crippen LogP contribution in [0.25, 0.3) is 99.1 Å². The van der Waals surface area contributed by atoms with Crippen LogP contribution in [0.2, 0.25) is 0 Å². The van der Waals surface area contributed by atoms with Gasteiger partial charge in [0.25, 0.3) is 0 Å². The van der Waals surface area contributed by atoms with Gasteiger partial charge in [-0.3, -0.25) is 0 Å². The topological polar surface area (TPSA) is 0 Å². The summed E-state index contributed by atoms with van der Waals surface area (Å²) >= 11 is 0. The van der Waals surface area contributed by atoms with Crippen LogP contribution in [0.4, 0.5) is 0 Å². The quantitative estimate of drug-likeness (QED) is 0.157. The Morgan fingerprint density at radius 2 is 0.717 bits per heavy atom. The fourth-order valence-corrected chi connectivity index (χ4v) is 11.0. The first-order valence-corrected chi connectivity index (χ1v) is 21.3. The first-order chi connectivity index (χ1) is 29.3. The Balaban J connectivity index is 1.10. The molecule has 0 amide bonds. The molecule has 0 spiro atoms. The molecule has 0 radical (unpaired) electrons. The minimum atomic E-state index is -0.0694. The summed E-state index contributed by atoms with van der Waals surface area (Å²) in [7, 11) is 0. The molecule has 0 heterocycles. The average Bonchev–Trinajstić information content (AvgIpc) is 3.66. The highest BCUT2D eigenvalue weighted by Gasteiger charge is 2.36. The van der Waals surface area contributed by atoms with Gasteiger partial charge in [-0.25, -0.2) is 0 Å². The molecule has 2 aliphatic carbocycles. The smallest absolute Gasteiger partial charge is 0.0159 e. The molecule has 0 N–H and O–H groups in total. The Kier molecular flexibility index (Phi) is 7.42. The maximum Gasteiger partial charge on any atom is 0.0159 e. The van der Waals surface area contributed by atoms with Crippen molar-refractivity contribution in [3.8, 4) is 66.8 Å². The second-order valence-corrected chi connectivity index (χ2v) is 18.0. The summed E-state index contributed by atoms with van der Waals surface area (Å²) < 4.78 is 0. The van der Waals surface area contributed by atoms with Crippen molar-refractivity contribution >= 4 is 32.3 Å². The van der Waals surface area contributed by atoms with Crippen molar-refractivity contribution in [2.75, 3.05) is 0 Å². The summed E-state index contributed by atoms with van der Waals surface area (Å²) in [5.74, 6) is 0. The molecule has 0 aliphatic heterocycles. The number of benzene rings is 10. The molecule has 10 aromatic rings. The van der Waals surface area contributed by atoms with Gasteiger partial charge in [0.2, 0.25) is 0 Å². The van der Waals surface area contributed by atoms with E-state index in [0.717, 1.165) is 0 Å².